The number of rotatable bonds is 14. The normalized spacial score (nSPS) is 14.4. The van der Waals surface area contributed by atoms with Gasteiger partial charge in [0.15, 0.2) is 11.5 Å². The van der Waals surface area contributed by atoms with Crippen LogP contribution in [0.4, 0.5) is 10.3 Å². The summed E-state index contributed by atoms with van der Waals surface area (Å²) in [5, 5.41) is 12.6. The summed E-state index contributed by atoms with van der Waals surface area (Å²) in [6.07, 6.45) is 1.72. The van der Waals surface area contributed by atoms with Gasteiger partial charge in [-0.1, -0.05) is 24.3 Å². The number of imidazole rings is 1. The minimum atomic E-state index is -0.297. The Hall–Kier alpha value is -5.07. The quantitative estimate of drug-likeness (QED) is 0.149. The van der Waals surface area contributed by atoms with Gasteiger partial charge < -0.3 is 43.4 Å². The summed E-state index contributed by atoms with van der Waals surface area (Å²) in [6.45, 7) is 6.77. The second-order valence-electron chi connectivity index (χ2n) is 12.8. The zero-order valence-electron chi connectivity index (χ0n) is 29.7. The number of aromatic nitrogens is 2. The van der Waals surface area contributed by atoms with Gasteiger partial charge >= 0.3 is 0 Å². The third-order valence-electron chi connectivity index (χ3n) is 9.66. The number of halogens is 1. The van der Waals surface area contributed by atoms with E-state index in [0.29, 0.717) is 47.2 Å². The van der Waals surface area contributed by atoms with Gasteiger partial charge in [0.05, 0.1) is 38.9 Å². The first-order valence-corrected chi connectivity index (χ1v) is 17.3. The Labute approximate surface area is 297 Å². The first-order chi connectivity index (χ1) is 24.8. The van der Waals surface area contributed by atoms with E-state index in [-0.39, 0.29) is 24.2 Å². The maximum absolute atomic E-state index is 13.9. The van der Waals surface area contributed by atoms with Crippen LogP contribution in [0.15, 0.2) is 71.1 Å². The van der Waals surface area contributed by atoms with Gasteiger partial charge in [0.25, 0.3) is 5.91 Å². The Morgan fingerprint density at radius 1 is 0.961 bits per heavy atom. The zero-order chi connectivity index (χ0) is 35.9. The van der Waals surface area contributed by atoms with Crippen molar-refractivity contribution < 1.29 is 32.9 Å². The molecule has 1 aliphatic rings. The Bertz CT molecular complexity index is 1940. The number of ether oxygens (including phenoxy) is 3. The summed E-state index contributed by atoms with van der Waals surface area (Å²) in [4.78, 5) is 23.4. The summed E-state index contributed by atoms with van der Waals surface area (Å²) < 4.78 is 38.5. The van der Waals surface area contributed by atoms with Crippen LogP contribution in [0.3, 0.4) is 0 Å². The van der Waals surface area contributed by atoms with Crippen LogP contribution in [0.5, 0.6) is 17.2 Å². The van der Waals surface area contributed by atoms with Crippen LogP contribution in [0.1, 0.15) is 51.8 Å². The minimum absolute atomic E-state index is 0.0439. The maximum Gasteiger partial charge on any atom is 0.251 e. The van der Waals surface area contributed by atoms with E-state index in [0.717, 1.165) is 73.9 Å². The van der Waals surface area contributed by atoms with Gasteiger partial charge in [-0.3, -0.25) is 4.79 Å². The van der Waals surface area contributed by atoms with E-state index in [4.69, 9.17) is 23.6 Å². The van der Waals surface area contributed by atoms with Gasteiger partial charge in [0.1, 0.15) is 23.9 Å². The number of methoxy groups -OCH3 is 3. The van der Waals surface area contributed by atoms with Crippen molar-refractivity contribution >= 4 is 22.9 Å². The van der Waals surface area contributed by atoms with E-state index in [1.165, 1.54) is 33.5 Å². The van der Waals surface area contributed by atoms with Crippen LogP contribution in [0.25, 0.3) is 11.0 Å². The Morgan fingerprint density at radius 3 is 2.45 bits per heavy atom. The molecule has 270 valence electrons. The van der Waals surface area contributed by atoms with Crippen molar-refractivity contribution in [2.45, 2.75) is 38.8 Å². The highest BCUT2D eigenvalue weighted by Gasteiger charge is 2.25. The highest BCUT2D eigenvalue weighted by atomic mass is 19.1. The molecule has 0 saturated carbocycles. The average Bonchev–Trinajstić information content (AvgIpc) is 3.68. The number of carbonyl (C=O) groups excluding carboxylic acids is 1. The number of carbonyl (C=O) groups is 1. The van der Waals surface area contributed by atoms with E-state index in [2.05, 4.69) is 25.8 Å². The fourth-order valence-electron chi connectivity index (χ4n) is 6.91. The van der Waals surface area contributed by atoms with Crippen LogP contribution in [-0.2, 0) is 13.2 Å². The van der Waals surface area contributed by atoms with Gasteiger partial charge in [-0.25, -0.2) is 9.37 Å². The van der Waals surface area contributed by atoms with Crippen LogP contribution in [0.2, 0.25) is 0 Å². The van der Waals surface area contributed by atoms with Crippen molar-refractivity contribution in [2.75, 3.05) is 65.5 Å². The zero-order valence-corrected chi connectivity index (χ0v) is 29.7. The van der Waals surface area contributed by atoms with Crippen LogP contribution < -0.4 is 24.4 Å². The summed E-state index contributed by atoms with van der Waals surface area (Å²) in [7, 11) is 4.58. The van der Waals surface area contributed by atoms with Gasteiger partial charge in [0.2, 0.25) is 11.7 Å². The van der Waals surface area contributed by atoms with Gasteiger partial charge in [0, 0.05) is 43.2 Å². The molecule has 11 nitrogen and oxygen atoms in total. The Kier molecular flexibility index (Phi) is 11.4. The molecular formula is C39H46FN5O6. The predicted molar refractivity (Wildman–Crippen MR) is 194 cm³/mol. The minimum Gasteiger partial charge on any atom is -0.493 e. The number of hydrogen-bond acceptors (Lipinski definition) is 9. The van der Waals surface area contributed by atoms with Crippen molar-refractivity contribution in [2.24, 2.45) is 0 Å². The molecule has 1 unspecified atom stereocenters. The molecule has 6 rings (SSSR count). The molecule has 3 heterocycles. The van der Waals surface area contributed by atoms with Gasteiger partial charge in [-0.2, -0.15) is 0 Å². The number of fused-ring (bicyclic) bond motifs is 1. The molecule has 5 aromatic rings. The largest absolute Gasteiger partial charge is 0.493 e. The van der Waals surface area contributed by atoms with E-state index >= 15 is 0 Å². The highest BCUT2D eigenvalue weighted by Crippen LogP contribution is 2.41. The van der Waals surface area contributed by atoms with E-state index in [1.54, 1.807) is 24.3 Å². The molecule has 12 heteroatoms. The number of aliphatic hydroxyl groups is 1. The topological polar surface area (TPSA) is 114 Å². The number of anilines is 1. The SMILES string of the molecule is COc1cc(C(=O)NCC(CCN2CCCN(c3nc4ccccc4n3Cc3ccc(CO)o3)CC2)c2ccc(F)cc2)c(C)c(OC)c1OC. The Morgan fingerprint density at radius 2 is 1.73 bits per heavy atom. The second-order valence-corrected chi connectivity index (χ2v) is 12.8. The molecule has 1 aliphatic heterocycles. The van der Waals surface area contributed by atoms with Crippen molar-refractivity contribution in [1.82, 2.24) is 19.8 Å². The number of para-hydroxylation sites is 2. The molecular weight excluding hydrogens is 653 g/mol. The lowest BCUT2D eigenvalue weighted by molar-refractivity contribution is 0.0948. The molecule has 0 bridgehead atoms. The number of hydrogen-bond donors (Lipinski definition) is 2. The molecule has 1 atom stereocenters. The lowest BCUT2D eigenvalue weighted by Gasteiger charge is -2.25. The van der Waals surface area contributed by atoms with E-state index in [9.17, 15) is 14.3 Å². The molecule has 1 fully saturated rings. The fraction of sp³-hybridized carbons (Fsp3) is 0.385. The monoisotopic (exact) mass is 699 g/mol. The number of furan rings is 1. The number of amides is 1. The third kappa shape index (κ3) is 7.97. The summed E-state index contributed by atoms with van der Waals surface area (Å²) in [6, 6.07) is 20.0. The number of nitrogens with zero attached hydrogens (tertiary/aromatic N) is 4. The first kappa shape index (κ1) is 35.7. The lowest BCUT2D eigenvalue weighted by Crippen LogP contribution is -2.34. The second kappa shape index (κ2) is 16.3. The molecule has 2 N–H and O–H groups in total. The van der Waals surface area contributed by atoms with Crippen molar-refractivity contribution in [1.29, 1.82) is 0 Å². The molecule has 3 aromatic carbocycles. The first-order valence-electron chi connectivity index (χ1n) is 17.3. The Balaban J connectivity index is 1.14. The van der Waals surface area contributed by atoms with Gasteiger partial charge in [-0.05, 0) is 80.9 Å². The molecule has 1 saturated heterocycles. The van der Waals surface area contributed by atoms with Crippen molar-refractivity contribution in [3.63, 3.8) is 0 Å². The van der Waals surface area contributed by atoms with Crippen LogP contribution in [-0.4, -0.2) is 86.1 Å². The molecule has 0 radical (unpaired) electrons. The lowest BCUT2D eigenvalue weighted by atomic mass is 9.95. The summed E-state index contributed by atoms with van der Waals surface area (Å²) >= 11 is 0. The third-order valence-corrected chi connectivity index (χ3v) is 9.66. The number of nitrogens with one attached hydrogen (secondary N) is 1. The summed E-state index contributed by atoms with van der Waals surface area (Å²) in [5.74, 6) is 2.88. The molecule has 2 aromatic heterocycles. The number of aliphatic hydroxyl groups excluding tert-OH is 1. The van der Waals surface area contributed by atoms with Gasteiger partial charge in [-0.15, -0.1) is 0 Å². The fourth-order valence-corrected chi connectivity index (χ4v) is 6.91. The standard InChI is InChI=1S/C39H46FN5O6/c1-26-32(22-35(48-2)37(50-4)36(26)49-3)38(47)41-23-28(27-10-12-29(40)13-11-27)16-19-43-17-7-18-44(21-20-43)39-42-33-8-5-6-9-34(33)45(39)24-30-14-15-31(25-46)51-30/h5-6,8-15,22,28,46H,7,16-21,23-25H2,1-4H3,(H,41,47). The smallest absolute Gasteiger partial charge is 0.251 e. The predicted octanol–water partition coefficient (Wildman–Crippen LogP) is 5.76. The van der Waals surface area contributed by atoms with E-state index < -0.39 is 0 Å². The van der Waals surface area contributed by atoms with E-state index in [1.807, 2.05) is 31.2 Å². The average molecular weight is 700 g/mol. The molecule has 0 spiro atoms. The van der Waals surface area contributed by atoms with Crippen LogP contribution >= 0.6 is 0 Å². The number of benzene rings is 3. The molecule has 0 aliphatic carbocycles. The molecule has 1 amide bonds. The van der Waals surface area contributed by atoms with Crippen molar-refractivity contribution in [3.05, 3.63) is 101 Å². The van der Waals surface area contributed by atoms with Crippen molar-refractivity contribution in [3.8, 4) is 17.2 Å². The summed E-state index contributed by atoms with van der Waals surface area (Å²) in [5.41, 5.74) is 4.00. The van der Waals surface area contributed by atoms with Crippen LogP contribution in [0, 0.1) is 12.7 Å². The molecule has 51 heavy (non-hydrogen) atoms. The highest BCUT2D eigenvalue weighted by molar-refractivity contribution is 5.97. The maximum atomic E-state index is 13.9.